The third-order valence-corrected chi connectivity index (χ3v) is 11.4. The predicted molar refractivity (Wildman–Crippen MR) is 206 cm³/mol. The van der Waals surface area contributed by atoms with Crippen molar-refractivity contribution in [2.45, 2.75) is 75.9 Å². The normalized spacial score (nSPS) is 20.3. The van der Waals surface area contributed by atoms with Crippen LogP contribution in [0.15, 0.2) is 101 Å². The van der Waals surface area contributed by atoms with Gasteiger partial charge in [-0.3, -0.25) is 14.3 Å². The van der Waals surface area contributed by atoms with Gasteiger partial charge in [0.25, 0.3) is 14.1 Å². The zero-order chi connectivity index (χ0) is 39.8. The molecule has 1 aliphatic heterocycles. The van der Waals surface area contributed by atoms with Crippen LogP contribution in [0.3, 0.4) is 0 Å². The maximum absolute atomic E-state index is 17.8. The van der Waals surface area contributed by atoms with Gasteiger partial charge in [-0.25, -0.2) is 13.9 Å². The Labute approximate surface area is 321 Å². The Morgan fingerprint density at radius 3 is 2.00 bits per heavy atom. The van der Waals surface area contributed by atoms with Crippen LogP contribution in [0.25, 0.3) is 0 Å². The fourth-order valence-corrected chi connectivity index (χ4v) is 8.51. The molecule has 1 aliphatic rings. The number of aromatic nitrogens is 2. The zero-order valence-corrected chi connectivity index (χ0v) is 32.6. The summed E-state index contributed by atoms with van der Waals surface area (Å²) < 4.78 is 57.9. The lowest BCUT2D eigenvalue weighted by Crippen LogP contribution is -2.47. The second-order valence-electron chi connectivity index (χ2n) is 13.3. The third kappa shape index (κ3) is 8.69. The minimum atomic E-state index is -2.79. The maximum atomic E-state index is 17.8. The number of hydrogen-bond donors (Lipinski definition) is 1. The molecule has 5 atom stereocenters. The highest BCUT2D eigenvalue weighted by atomic mass is 31.2. The van der Waals surface area contributed by atoms with Crippen molar-refractivity contribution < 1.29 is 32.4 Å². The van der Waals surface area contributed by atoms with Crippen molar-refractivity contribution in [3.63, 3.8) is 0 Å². The topological polar surface area (TPSA) is 137 Å². The lowest BCUT2D eigenvalue weighted by atomic mass is 9.80. The molecular formula is C41H46FN4O8P. The molecule has 0 saturated carbocycles. The van der Waals surface area contributed by atoms with Crippen molar-refractivity contribution in [2.75, 3.05) is 27.4 Å². The van der Waals surface area contributed by atoms with E-state index in [4.69, 9.17) is 34.4 Å². The summed E-state index contributed by atoms with van der Waals surface area (Å²) in [6.07, 6.45) is 2.63. The number of terminal acetylenes is 1. The average Bonchev–Trinajstić information content (AvgIpc) is 3.46. The van der Waals surface area contributed by atoms with E-state index in [0.717, 1.165) is 22.4 Å². The number of halogens is 1. The molecule has 0 bridgehead atoms. The quantitative estimate of drug-likeness (QED) is 0.0551. The summed E-state index contributed by atoms with van der Waals surface area (Å²) in [4.78, 5) is 27.3. The van der Waals surface area contributed by atoms with E-state index in [2.05, 4.69) is 17.0 Å². The van der Waals surface area contributed by atoms with Gasteiger partial charge in [0.1, 0.15) is 29.3 Å². The lowest BCUT2D eigenvalue weighted by molar-refractivity contribution is -0.0946. The van der Waals surface area contributed by atoms with E-state index in [1.165, 1.54) is 0 Å². The number of H-pyrrole nitrogens is 1. The molecule has 2 heterocycles. The Hall–Kier alpha value is -4.85. The van der Waals surface area contributed by atoms with Crippen molar-refractivity contribution in [3.8, 4) is 29.9 Å². The van der Waals surface area contributed by atoms with Gasteiger partial charge in [-0.15, -0.1) is 6.42 Å². The predicted octanol–water partition coefficient (Wildman–Crippen LogP) is 6.46. The molecule has 290 valence electrons. The van der Waals surface area contributed by atoms with Gasteiger partial charge >= 0.3 is 5.69 Å². The second kappa shape index (κ2) is 18.2. The molecule has 4 aromatic rings. The number of alkyl halides is 1. The summed E-state index contributed by atoms with van der Waals surface area (Å²) in [6.45, 7) is 7.48. The number of aromatic amines is 1. The van der Waals surface area contributed by atoms with Crippen LogP contribution in [0.4, 0.5) is 4.39 Å². The number of ether oxygens (including phenoxy) is 4. The summed E-state index contributed by atoms with van der Waals surface area (Å²) in [5, 5.41) is 9.30. The Kier molecular flexibility index (Phi) is 13.7. The summed E-state index contributed by atoms with van der Waals surface area (Å²) >= 11 is 0. The highest BCUT2D eigenvalue weighted by molar-refractivity contribution is 7.44. The fourth-order valence-electron chi connectivity index (χ4n) is 6.72. The smallest absolute Gasteiger partial charge is 0.330 e. The van der Waals surface area contributed by atoms with Crippen molar-refractivity contribution in [1.29, 1.82) is 5.26 Å². The zero-order valence-electron chi connectivity index (χ0n) is 31.7. The first-order valence-corrected chi connectivity index (χ1v) is 18.9. The molecule has 0 aliphatic carbocycles. The minimum absolute atomic E-state index is 0.0110. The van der Waals surface area contributed by atoms with E-state index in [1.54, 1.807) is 14.2 Å². The fraction of sp³-hybridized carbons (Fsp3) is 0.390. The Bertz CT molecular complexity index is 2010. The molecule has 14 heteroatoms. The van der Waals surface area contributed by atoms with Crippen molar-refractivity contribution in [3.05, 3.63) is 129 Å². The first-order valence-electron chi connectivity index (χ1n) is 17.8. The second-order valence-corrected chi connectivity index (χ2v) is 14.8. The van der Waals surface area contributed by atoms with Crippen LogP contribution >= 0.6 is 8.53 Å². The SMILES string of the molecule is C#C[C@@]1(F)[C@H](OP(OCCC#N)N(C(C)C)C(C)C)[C@@H](COC(c2ccccc2)(c2ccc(OC)cc2)c2ccc(OC)cc2)O[C@H]1n1ccc(=O)[nH]c1=O. The molecule has 12 nitrogen and oxygen atoms in total. The van der Waals surface area contributed by atoms with Crippen LogP contribution in [0.2, 0.25) is 0 Å². The maximum Gasteiger partial charge on any atom is 0.330 e. The van der Waals surface area contributed by atoms with E-state index in [1.807, 2.05) is 111 Å². The van der Waals surface area contributed by atoms with Crippen molar-refractivity contribution >= 4 is 8.53 Å². The highest BCUT2D eigenvalue weighted by Crippen LogP contribution is 2.54. The number of methoxy groups -OCH3 is 2. The Morgan fingerprint density at radius 2 is 1.51 bits per heavy atom. The molecule has 1 fully saturated rings. The molecule has 3 aromatic carbocycles. The van der Waals surface area contributed by atoms with Crippen LogP contribution < -0.4 is 20.7 Å². The number of nitrogens with zero attached hydrogens (tertiary/aromatic N) is 3. The van der Waals surface area contributed by atoms with Gasteiger partial charge in [0.05, 0.1) is 39.9 Å². The molecule has 1 unspecified atom stereocenters. The first-order chi connectivity index (χ1) is 26.4. The van der Waals surface area contributed by atoms with Gasteiger partial charge in [-0.1, -0.05) is 60.5 Å². The Morgan fingerprint density at radius 1 is 0.945 bits per heavy atom. The standard InChI is InChI=1S/C41H46FN4O8P/c1-8-40(42)37(54-55(52-26-12-24-43)46(28(2)3)29(4)5)35(53-38(40)45-25-23-36(47)44-39(45)48)27-51-41(30-13-10-9-11-14-30,31-15-19-33(49-6)20-16-31)32-17-21-34(50-7)22-18-32/h1,9-11,13-23,25,28-29,35,37-38H,12,26-27H2,2-7H3,(H,44,47,48)/t35-,37-,38-,40-,55?/m1/s1. The van der Waals surface area contributed by atoms with Crippen LogP contribution in [0, 0.1) is 23.7 Å². The van der Waals surface area contributed by atoms with Gasteiger partial charge in [0.15, 0.2) is 6.23 Å². The van der Waals surface area contributed by atoms with Crippen LogP contribution in [-0.4, -0.2) is 71.6 Å². The number of benzene rings is 3. The Balaban J connectivity index is 1.68. The summed E-state index contributed by atoms with van der Waals surface area (Å²) in [5.74, 6) is 3.49. The molecule has 0 radical (unpaired) electrons. The number of rotatable bonds is 17. The van der Waals surface area contributed by atoms with Crippen LogP contribution in [0.5, 0.6) is 11.5 Å². The van der Waals surface area contributed by atoms with E-state index >= 15 is 4.39 Å². The van der Waals surface area contributed by atoms with E-state index in [9.17, 15) is 14.9 Å². The molecule has 55 heavy (non-hydrogen) atoms. The monoisotopic (exact) mass is 772 g/mol. The van der Waals surface area contributed by atoms with E-state index in [0.29, 0.717) is 22.6 Å². The lowest BCUT2D eigenvalue weighted by Gasteiger charge is -2.39. The first kappa shape index (κ1) is 41.3. The minimum Gasteiger partial charge on any atom is -0.497 e. The van der Waals surface area contributed by atoms with E-state index < -0.39 is 49.5 Å². The number of nitrogens with one attached hydrogen (secondary N) is 1. The molecule has 0 amide bonds. The largest absolute Gasteiger partial charge is 0.497 e. The highest BCUT2D eigenvalue weighted by Gasteiger charge is 2.61. The average molecular weight is 773 g/mol. The number of nitriles is 1. The van der Waals surface area contributed by atoms with Gasteiger partial charge < -0.3 is 28.0 Å². The van der Waals surface area contributed by atoms with Crippen LogP contribution in [-0.2, 0) is 24.1 Å². The van der Waals surface area contributed by atoms with Crippen molar-refractivity contribution in [2.24, 2.45) is 0 Å². The summed E-state index contributed by atoms with van der Waals surface area (Å²) in [5.41, 5.74) is -3.55. The van der Waals surface area contributed by atoms with Crippen molar-refractivity contribution in [1.82, 2.24) is 14.2 Å². The molecule has 0 spiro atoms. The van der Waals surface area contributed by atoms with Crippen LogP contribution in [0.1, 0.15) is 57.0 Å². The van der Waals surface area contributed by atoms with E-state index in [-0.39, 0.29) is 31.7 Å². The molecule has 5 rings (SSSR count). The number of hydrogen-bond acceptors (Lipinski definition) is 10. The summed E-state index contributed by atoms with van der Waals surface area (Å²) in [6, 6.07) is 27.2. The molecule has 1 aromatic heterocycles. The van der Waals surface area contributed by atoms with Gasteiger partial charge in [-0.05, 0) is 68.7 Å². The van der Waals surface area contributed by atoms with Gasteiger partial charge in [0, 0.05) is 24.3 Å². The molecular weight excluding hydrogens is 726 g/mol. The molecule has 1 saturated heterocycles. The third-order valence-electron chi connectivity index (χ3n) is 9.24. The molecule has 1 N–H and O–H groups in total. The summed E-state index contributed by atoms with van der Waals surface area (Å²) in [7, 11) is 1.09. The van der Waals surface area contributed by atoms with Gasteiger partial charge in [-0.2, -0.15) is 5.26 Å². The van der Waals surface area contributed by atoms with Gasteiger partial charge in [0.2, 0.25) is 5.67 Å².